The Morgan fingerprint density at radius 1 is 1.35 bits per heavy atom. The summed E-state index contributed by atoms with van der Waals surface area (Å²) >= 11 is 1.18. The first-order valence-corrected chi connectivity index (χ1v) is 9.09. The van der Waals surface area contributed by atoms with Gasteiger partial charge in [0, 0.05) is 24.9 Å². The van der Waals surface area contributed by atoms with Gasteiger partial charge in [-0.3, -0.25) is 9.59 Å². The van der Waals surface area contributed by atoms with E-state index in [1.807, 2.05) is 31.2 Å². The van der Waals surface area contributed by atoms with Crippen molar-refractivity contribution in [3.8, 4) is 0 Å². The molecule has 26 heavy (non-hydrogen) atoms. The van der Waals surface area contributed by atoms with Gasteiger partial charge in [-0.05, 0) is 12.5 Å². The summed E-state index contributed by atoms with van der Waals surface area (Å²) in [5, 5.41) is 13.6. The first-order valence-electron chi connectivity index (χ1n) is 8.21. The topological polar surface area (TPSA) is 99.6 Å². The summed E-state index contributed by atoms with van der Waals surface area (Å²) in [6, 6.07) is 7.97. The Balaban J connectivity index is 1.53. The van der Waals surface area contributed by atoms with Crippen LogP contribution in [-0.2, 0) is 22.7 Å². The molecule has 136 valence electrons. The van der Waals surface area contributed by atoms with Gasteiger partial charge in [0.25, 0.3) is 0 Å². The SMILES string of the molecule is Cc1ccc(CN2C[C@H](C(=O)NCc3nc(C(=O)O)cs3)CC2=O)cc1. The number of aromatic nitrogens is 1. The number of amides is 2. The Morgan fingerprint density at radius 2 is 2.08 bits per heavy atom. The van der Waals surface area contributed by atoms with Crippen LogP contribution in [0.4, 0.5) is 0 Å². The molecule has 8 heteroatoms. The maximum Gasteiger partial charge on any atom is 0.355 e. The molecular formula is C18H19N3O4S. The second kappa shape index (κ2) is 7.65. The van der Waals surface area contributed by atoms with Crippen LogP contribution in [0.1, 0.15) is 33.0 Å². The molecule has 3 rings (SSSR count). The van der Waals surface area contributed by atoms with Gasteiger partial charge in [-0.25, -0.2) is 9.78 Å². The number of carbonyl (C=O) groups excluding carboxylic acids is 2. The predicted octanol–water partition coefficient (Wildman–Crippen LogP) is 1.81. The molecule has 1 fully saturated rings. The summed E-state index contributed by atoms with van der Waals surface area (Å²) in [4.78, 5) is 40.9. The maximum atomic E-state index is 12.3. The van der Waals surface area contributed by atoms with Crippen molar-refractivity contribution in [1.29, 1.82) is 0 Å². The minimum Gasteiger partial charge on any atom is -0.476 e. The molecule has 0 saturated carbocycles. The Labute approximate surface area is 154 Å². The van der Waals surface area contributed by atoms with Crippen LogP contribution in [0.3, 0.4) is 0 Å². The van der Waals surface area contributed by atoms with Crippen molar-refractivity contribution in [2.45, 2.75) is 26.4 Å². The summed E-state index contributed by atoms with van der Waals surface area (Å²) in [6.45, 7) is 3.06. The minimum absolute atomic E-state index is 0.0282. The number of carboxylic acid groups (broad SMARTS) is 1. The fraction of sp³-hybridized carbons (Fsp3) is 0.333. The van der Waals surface area contributed by atoms with Crippen molar-refractivity contribution in [2.24, 2.45) is 5.92 Å². The van der Waals surface area contributed by atoms with E-state index in [2.05, 4.69) is 10.3 Å². The van der Waals surface area contributed by atoms with Gasteiger partial charge in [0.15, 0.2) is 5.69 Å². The minimum atomic E-state index is -1.09. The van der Waals surface area contributed by atoms with Crippen LogP contribution in [0.25, 0.3) is 0 Å². The number of carbonyl (C=O) groups is 3. The van der Waals surface area contributed by atoms with Gasteiger partial charge >= 0.3 is 5.97 Å². The Bertz CT molecular complexity index is 831. The summed E-state index contributed by atoms with van der Waals surface area (Å²) in [5.74, 6) is -1.73. The van der Waals surface area contributed by atoms with Crippen molar-refractivity contribution >= 4 is 29.1 Å². The molecule has 1 aliphatic rings. The predicted molar refractivity (Wildman–Crippen MR) is 95.6 cm³/mol. The van der Waals surface area contributed by atoms with E-state index in [1.165, 1.54) is 16.7 Å². The van der Waals surface area contributed by atoms with Gasteiger partial charge in [-0.2, -0.15) is 0 Å². The molecular weight excluding hydrogens is 354 g/mol. The summed E-state index contributed by atoms with van der Waals surface area (Å²) in [6.07, 6.45) is 0.190. The molecule has 2 amide bonds. The zero-order chi connectivity index (χ0) is 18.7. The number of nitrogens with zero attached hydrogens (tertiary/aromatic N) is 2. The van der Waals surface area contributed by atoms with E-state index >= 15 is 0 Å². The van der Waals surface area contributed by atoms with Gasteiger partial charge in [0.1, 0.15) is 5.01 Å². The first-order chi connectivity index (χ1) is 12.4. The zero-order valence-electron chi connectivity index (χ0n) is 14.3. The monoisotopic (exact) mass is 373 g/mol. The average molecular weight is 373 g/mol. The van der Waals surface area contributed by atoms with E-state index < -0.39 is 11.9 Å². The van der Waals surface area contributed by atoms with Crippen LogP contribution in [-0.4, -0.2) is 39.3 Å². The lowest BCUT2D eigenvalue weighted by molar-refractivity contribution is -0.129. The average Bonchev–Trinajstić information content (AvgIpc) is 3.22. The van der Waals surface area contributed by atoms with Gasteiger partial charge in [-0.15, -0.1) is 11.3 Å². The van der Waals surface area contributed by atoms with Crippen LogP contribution in [0, 0.1) is 12.8 Å². The highest BCUT2D eigenvalue weighted by Crippen LogP contribution is 2.21. The third kappa shape index (κ3) is 4.26. The largest absolute Gasteiger partial charge is 0.476 e. The van der Waals surface area contributed by atoms with Crippen molar-refractivity contribution in [1.82, 2.24) is 15.2 Å². The van der Waals surface area contributed by atoms with Crippen LogP contribution in [0.2, 0.25) is 0 Å². The summed E-state index contributed by atoms with van der Waals surface area (Å²) in [5.41, 5.74) is 2.17. The second-order valence-electron chi connectivity index (χ2n) is 6.31. The van der Waals surface area contributed by atoms with Crippen LogP contribution in [0.15, 0.2) is 29.6 Å². The third-order valence-electron chi connectivity index (χ3n) is 4.26. The van der Waals surface area contributed by atoms with E-state index in [-0.39, 0.29) is 30.5 Å². The van der Waals surface area contributed by atoms with Crippen LogP contribution >= 0.6 is 11.3 Å². The Kier molecular flexibility index (Phi) is 5.32. The molecule has 0 bridgehead atoms. The molecule has 1 aromatic heterocycles. The molecule has 0 spiro atoms. The van der Waals surface area contributed by atoms with Crippen molar-refractivity contribution in [3.05, 3.63) is 51.5 Å². The quantitative estimate of drug-likeness (QED) is 0.804. The number of thiazole rings is 1. The number of hydrogen-bond acceptors (Lipinski definition) is 5. The molecule has 2 N–H and O–H groups in total. The lowest BCUT2D eigenvalue weighted by Gasteiger charge is -2.16. The molecule has 0 radical (unpaired) electrons. The highest BCUT2D eigenvalue weighted by atomic mass is 32.1. The van der Waals surface area contributed by atoms with Crippen molar-refractivity contribution in [2.75, 3.05) is 6.54 Å². The fourth-order valence-corrected chi connectivity index (χ4v) is 3.52. The van der Waals surface area contributed by atoms with Gasteiger partial charge in [0.2, 0.25) is 11.8 Å². The van der Waals surface area contributed by atoms with Crippen molar-refractivity contribution in [3.63, 3.8) is 0 Å². The first kappa shape index (κ1) is 18.1. The Morgan fingerprint density at radius 3 is 2.73 bits per heavy atom. The number of benzene rings is 1. The number of aromatic carboxylic acids is 1. The summed E-state index contributed by atoms with van der Waals surface area (Å²) in [7, 11) is 0. The molecule has 1 atom stereocenters. The van der Waals surface area contributed by atoms with Crippen LogP contribution in [0.5, 0.6) is 0 Å². The van der Waals surface area contributed by atoms with Crippen molar-refractivity contribution < 1.29 is 19.5 Å². The fourth-order valence-electron chi connectivity index (χ4n) is 2.81. The third-order valence-corrected chi connectivity index (χ3v) is 5.11. The Hall–Kier alpha value is -2.74. The van der Waals surface area contributed by atoms with E-state index in [1.54, 1.807) is 4.90 Å². The second-order valence-corrected chi connectivity index (χ2v) is 7.25. The van der Waals surface area contributed by atoms with E-state index in [4.69, 9.17) is 5.11 Å². The molecule has 1 aromatic carbocycles. The van der Waals surface area contributed by atoms with Gasteiger partial charge in [0.05, 0.1) is 12.5 Å². The normalized spacial score (nSPS) is 16.7. The molecule has 0 aliphatic carbocycles. The molecule has 1 aliphatic heterocycles. The number of nitrogens with one attached hydrogen (secondary N) is 1. The van der Waals surface area contributed by atoms with E-state index in [0.29, 0.717) is 18.1 Å². The number of aryl methyl sites for hydroxylation is 1. The highest BCUT2D eigenvalue weighted by molar-refractivity contribution is 7.09. The smallest absolute Gasteiger partial charge is 0.355 e. The standard InChI is InChI=1S/C18H19N3O4S/c1-11-2-4-12(5-3-11)8-21-9-13(6-16(21)22)17(23)19-7-15-20-14(10-26-15)18(24)25/h2-5,10,13H,6-9H2,1H3,(H,19,23)(H,24,25)/t13-/m1/s1. The number of hydrogen-bond donors (Lipinski definition) is 2. The molecule has 2 aromatic rings. The maximum absolute atomic E-state index is 12.3. The van der Waals surface area contributed by atoms with E-state index in [9.17, 15) is 14.4 Å². The summed E-state index contributed by atoms with van der Waals surface area (Å²) < 4.78 is 0. The number of rotatable bonds is 6. The zero-order valence-corrected chi connectivity index (χ0v) is 15.1. The van der Waals surface area contributed by atoms with Crippen LogP contribution < -0.4 is 5.32 Å². The molecule has 7 nitrogen and oxygen atoms in total. The van der Waals surface area contributed by atoms with Gasteiger partial charge in [-0.1, -0.05) is 29.8 Å². The highest BCUT2D eigenvalue weighted by Gasteiger charge is 2.34. The number of likely N-dealkylation sites (tertiary alicyclic amines) is 1. The molecule has 2 heterocycles. The lowest BCUT2D eigenvalue weighted by atomic mass is 10.1. The molecule has 1 saturated heterocycles. The number of carboxylic acids is 1. The molecule has 0 unspecified atom stereocenters. The van der Waals surface area contributed by atoms with Gasteiger partial charge < -0.3 is 15.3 Å². The lowest BCUT2D eigenvalue weighted by Crippen LogP contribution is -2.32. The van der Waals surface area contributed by atoms with E-state index in [0.717, 1.165) is 11.1 Å².